The minimum absolute atomic E-state index is 0.139. The van der Waals surface area contributed by atoms with Crippen molar-refractivity contribution in [2.24, 2.45) is 0 Å². The van der Waals surface area contributed by atoms with Crippen LogP contribution in [0.25, 0.3) is 0 Å². The van der Waals surface area contributed by atoms with E-state index in [2.05, 4.69) is 17.1 Å². The molecule has 1 aromatic carbocycles. The van der Waals surface area contributed by atoms with E-state index in [4.69, 9.17) is 9.47 Å². The summed E-state index contributed by atoms with van der Waals surface area (Å²) in [5.74, 6) is 0.983. The van der Waals surface area contributed by atoms with Gasteiger partial charge >= 0.3 is 0 Å². The zero-order chi connectivity index (χ0) is 16.2. The minimum atomic E-state index is 0.139. The van der Waals surface area contributed by atoms with E-state index in [9.17, 15) is 4.79 Å². The molecule has 1 aromatic rings. The van der Waals surface area contributed by atoms with Gasteiger partial charge in [-0.25, -0.2) is 0 Å². The molecule has 0 unspecified atom stereocenters. The Balaban J connectivity index is 1.42. The number of rotatable bonds is 5. The molecule has 5 nitrogen and oxygen atoms in total. The molecule has 2 saturated heterocycles. The minimum Gasteiger partial charge on any atom is -0.497 e. The van der Waals surface area contributed by atoms with Crippen molar-refractivity contribution in [1.29, 1.82) is 0 Å². The smallest absolute Gasteiger partial charge is 0.220 e. The number of benzene rings is 1. The normalized spacial score (nSPS) is 27.5. The molecule has 1 N–H and O–H groups in total. The van der Waals surface area contributed by atoms with Crippen LogP contribution < -0.4 is 10.1 Å². The zero-order valence-corrected chi connectivity index (χ0v) is 14.0. The van der Waals surface area contributed by atoms with Gasteiger partial charge in [0.05, 0.1) is 19.8 Å². The molecule has 2 aliphatic heterocycles. The summed E-state index contributed by atoms with van der Waals surface area (Å²) >= 11 is 0. The van der Waals surface area contributed by atoms with Gasteiger partial charge in [0, 0.05) is 31.6 Å². The first-order valence-corrected chi connectivity index (χ1v) is 8.42. The van der Waals surface area contributed by atoms with Crippen molar-refractivity contribution < 1.29 is 14.3 Å². The molecule has 0 spiro atoms. The van der Waals surface area contributed by atoms with Crippen LogP contribution in [0, 0.1) is 0 Å². The van der Waals surface area contributed by atoms with Crippen LogP contribution in [0.5, 0.6) is 5.75 Å². The van der Waals surface area contributed by atoms with Crippen LogP contribution in [0.1, 0.15) is 25.3 Å². The van der Waals surface area contributed by atoms with Crippen LogP contribution in [-0.4, -0.2) is 55.8 Å². The van der Waals surface area contributed by atoms with E-state index < -0.39 is 0 Å². The molecule has 3 atom stereocenters. The number of hydrogen-bond donors (Lipinski definition) is 1. The second-order valence-corrected chi connectivity index (χ2v) is 6.60. The van der Waals surface area contributed by atoms with Crippen LogP contribution in [0.3, 0.4) is 0 Å². The molecule has 0 aromatic heterocycles. The lowest BCUT2D eigenvalue weighted by molar-refractivity contribution is -0.121. The zero-order valence-electron chi connectivity index (χ0n) is 14.0. The Kier molecular flexibility index (Phi) is 5.18. The molecular formula is C18H26N2O3. The number of amides is 1. The molecule has 0 radical (unpaired) electrons. The second-order valence-electron chi connectivity index (χ2n) is 6.60. The summed E-state index contributed by atoms with van der Waals surface area (Å²) in [5, 5.41) is 3.18. The number of morpholine rings is 1. The fraction of sp³-hybridized carbons (Fsp3) is 0.611. The number of nitrogens with one attached hydrogen (secondary N) is 1. The van der Waals surface area contributed by atoms with Crippen molar-refractivity contribution in [1.82, 2.24) is 10.2 Å². The Bertz CT molecular complexity index is 532. The van der Waals surface area contributed by atoms with Gasteiger partial charge in [-0.15, -0.1) is 0 Å². The number of aryl methyl sites for hydroxylation is 1. The molecule has 2 fully saturated rings. The van der Waals surface area contributed by atoms with E-state index in [-0.39, 0.29) is 11.9 Å². The SMILES string of the molecule is COc1ccc(CCC(=O)N[C@H]2C[C@H]3CO[C@@H](C)CN3C2)cc1. The van der Waals surface area contributed by atoms with Crippen LogP contribution in [0.2, 0.25) is 0 Å². The van der Waals surface area contributed by atoms with Gasteiger partial charge in [-0.1, -0.05) is 12.1 Å². The molecule has 2 heterocycles. The fourth-order valence-electron chi connectivity index (χ4n) is 3.49. The van der Waals surface area contributed by atoms with Gasteiger partial charge < -0.3 is 14.8 Å². The van der Waals surface area contributed by atoms with Crippen molar-refractivity contribution in [3.8, 4) is 5.75 Å². The third-order valence-corrected chi connectivity index (χ3v) is 4.76. The third kappa shape index (κ3) is 4.24. The Labute approximate surface area is 137 Å². The van der Waals surface area contributed by atoms with Crippen LogP contribution >= 0.6 is 0 Å². The van der Waals surface area contributed by atoms with E-state index in [1.807, 2.05) is 24.3 Å². The lowest BCUT2D eigenvalue weighted by atomic mass is 10.1. The van der Waals surface area contributed by atoms with Crippen LogP contribution in [0.4, 0.5) is 0 Å². The maximum absolute atomic E-state index is 12.2. The van der Waals surface area contributed by atoms with Crippen molar-refractivity contribution in [2.45, 2.75) is 44.4 Å². The number of methoxy groups -OCH3 is 1. The van der Waals surface area contributed by atoms with Crippen molar-refractivity contribution in [3.63, 3.8) is 0 Å². The van der Waals surface area contributed by atoms with Crippen LogP contribution in [0.15, 0.2) is 24.3 Å². The highest BCUT2D eigenvalue weighted by atomic mass is 16.5. The number of carbonyl (C=O) groups is 1. The summed E-state index contributed by atoms with van der Waals surface area (Å²) in [6, 6.07) is 8.63. The first-order valence-electron chi connectivity index (χ1n) is 8.42. The molecule has 0 bridgehead atoms. The number of carbonyl (C=O) groups excluding carboxylic acids is 1. The first-order chi connectivity index (χ1) is 11.1. The average Bonchev–Trinajstić information content (AvgIpc) is 2.94. The van der Waals surface area contributed by atoms with Gasteiger partial charge in [0.1, 0.15) is 5.75 Å². The summed E-state index contributed by atoms with van der Waals surface area (Å²) in [5.41, 5.74) is 1.16. The molecule has 23 heavy (non-hydrogen) atoms. The van der Waals surface area contributed by atoms with Crippen molar-refractivity contribution in [3.05, 3.63) is 29.8 Å². The topological polar surface area (TPSA) is 50.8 Å². The largest absolute Gasteiger partial charge is 0.497 e. The molecule has 0 aliphatic carbocycles. The van der Waals surface area contributed by atoms with Gasteiger partial charge in [0.2, 0.25) is 5.91 Å². The Morgan fingerprint density at radius 1 is 1.35 bits per heavy atom. The Hall–Kier alpha value is -1.59. The highest BCUT2D eigenvalue weighted by Gasteiger charge is 2.36. The highest BCUT2D eigenvalue weighted by molar-refractivity contribution is 5.76. The summed E-state index contributed by atoms with van der Waals surface area (Å²) in [4.78, 5) is 14.6. The average molecular weight is 318 g/mol. The van der Waals surface area contributed by atoms with Gasteiger partial charge in [-0.3, -0.25) is 9.69 Å². The molecule has 3 rings (SSSR count). The molecule has 0 saturated carbocycles. The van der Waals surface area contributed by atoms with E-state index in [0.717, 1.165) is 43.9 Å². The molecular weight excluding hydrogens is 292 g/mol. The monoisotopic (exact) mass is 318 g/mol. The highest BCUT2D eigenvalue weighted by Crippen LogP contribution is 2.23. The Morgan fingerprint density at radius 2 is 2.13 bits per heavy atom. The Morgan fingerprint density at radius 3 is 2.87 bits per heavy atom. The molecule has 5 heteroatoms. The first kappa shape index (κ1) is 16.3. The lowest BCUT2D eigenvalue weighted by Gasteiger charge is -2.33. The fourth-order valence-corrected chi connectivity index (χ4v) is 3.49. The second kappa shape index (κ2) is 7.32. The van der Waals surface area contributed by atoms with Gasteiger partial charge in [-0.2, -0.15) is 0 Å². The summed E-state index contributed by atoms with van der Waals surface area (Å²) < 4.78 is 10.8. The van der Waals surface area contributed by atoms with Gasteiger partial charge in [0.15, 0.2) is 0 Å². The van der Waals surface area contributed by atoms with E-state index in [1.165, 1.54) is 0 Å². The lowest BCUT2D eigenvalue weighted by Crippen LogP contribution is -2.45. The van der Waals surface area contributed by atoms with E-state index in [1.54, 1.807) is 7.11 Å². The predicted molar refractivity (Wildman–Crippen MR) is 88.6 cm³/mol. The number of fused-ring (bicyclic) bond motifs is 1. The predicted octanol–water partition coefficient (Wildman–Crippen LogP) is 1.61. The number of ether oxygens (including phenoxy) is 2. The van der Waals surface area contributed by atoms with E-state index in [0.29, 0.717) is 18.6 Å². The van der Waals surface area contributed by atoms with Crippen molar-refractivity contribution >= 4 is 5.91 Å². The quantitative estimate of drug-likeness (QED) is 0.896. The maximum Gasteiger partial charge on any atom is 0.220 e. The van der Waals surface area contributed by atoms with Crippen LogP contribution in [-0.2, 0) is 16.0 Å². The molecule has 2 aliphatic rings. The van der Waals surface area contributed by atoms with Gasteiger partial charge in [-0.05, 0) is 37.5 Å². The van der Waals surface area contributed by atoms with Crippen molar-refractivity contribution in [2.75, 3.05) is 26.8 Å². The summed E-state index contributed by atoms with van der Waals surface area (Å²) in [6.45, 7) is 4.83. The molecule has 126 valence electrons. The molecule has 1 amide bonds. The summed E-state index contributed by atoms with van der Waals surface area (Å²) in [6.07, 6.45) is 2.59. The number of hydrogen-bond acceptors (Lipinski definition) is 4. The maximum atomic E-state index is 12.2. The van der Waals surface area contributed by atoms with Gasteiger partial charge in [0.25, 0.3) is 0 Å². The third-order valence-electron chi connectivity index (χ3n) is 4.76. The standard InChI is InChI=1S/C18H26N2O3/c1-13-10-20-11-15(9-16(20)12-23-13)19-18(21)8-5-14-3-6-17(22-2)7-4-14/h3-4,6-7,13,15-16H,5,8-12H2,1-2H3,(H,19,21)/t13-,15-,16-/m0/s1. The number of nitrogens with zero attached hydrogens (tertiary/aromatic N) is 1. The summed E-state index contributed by atoms with van der Waals surface area (Å²) in [7, 11) is 1.66. The van der Waals surface area contributed by atoms with E-state index >= 15 is 0 Å².